The summed E-state index contributed by atoms with van der Waals surface area (Å²) >= 11 is 0. The molecule has 12 heteroatoms. The van der Waals surface area contributed by atoms with E-state index >= 15 is 0 Å². The first-order chi connectivity index (χ1) is 19.2. The molecule has 0 fully saturated rings. The normalized spacial score (nSPS) is 13.9. The van der Waals surface area contributed by atoms with Gasteiger partial charge in [-0.25, -0.2) is 19.2 Å². The lowest BCUT2D eigenvalue weighted by atomic mass is 10.0. The van der Waals surface area contributed by atoms with Gasteiger partial charge in [0.2, 0.25) is 0 Å². The molecular weight excluding hydrogens is 546 g/mol. The highest BCUT2D eigenvalue weighted by atomic mass is 19.4. The summed E-state index contributed by atoms with van der Waals surface area (Å²) in [7, 11) is 0. The first kappa shape index (κ1) is 31.5. The molecule has 0 radical (unpaired) electrons. The molecule has 1 atom stereocenters. The number of carboxylic acids is 2. The van der Waals surface area contributed by atoms with Crippen molar-refractivity contribution in [3.8, 4) is 17.1 Å². The number of benzene rings is 2. The van der Waals surface area contributed by atoms with Gasteiger partial charge in [0.05, 0.1) is 11.3 Å². The molecule has 220 valence electrons. The van der Waals surface area contributed by atoms with Crippen molar-refractivity contribution in [2.24, 2.45) is 5.92 Å². The second kappa shape index (κ2) is 13.5. The number of fused-ring (bicyclic) bond motifs is 1. The first-order valence-electron chi connectivity index (χ1n) is 12.8. The molecule has 2 aromatic carbocycles. The van der Waals surface area contributed by atoms with E-state index in [1.54, 1.807) is 18.3 Å². The number of aliphatic carboxylic acids is 2. The third kappa shape index (κ3) is 9.52. The Hall–Kier alpha value is -4.06. The molecule has 2 heterocycles. The zero-order chi connectivity index (χ0) is 30.3. The summed E-state index contributed by atoms with van der Waals surface area (Å²) < 4.78 is 52.5. The Balaban J connectivity index is 0.000000587. The smallest absolute Gasteiger partial charge is 0.489 e. The SMILES string of the molecule is Cc1cc(C)cc(COc2ccc(-c3ncc4c(n3)CCN(CC(C)CC(=O)O)C4)c(F)c2)c1.O=C(O)C(F)(F)F. The molecule has 1 aromatic heterocycles. The third-order valence-corrected chi connectivity index (χ3v) is 6.22. The number of rotatable bonds is 8. The first-order valence-corrected chi connectivity index (χ1v) is 12.8. The Morgan fingerprint density at radius 2 is 1.76 bits per heavy atom. The Bertz CT molecular complexity index is 1380. The van der Waals surface area contributed by atoms with Gasteiger partial charge in [-0.05, 0) is 37.5 Å². The molecule has 0 aliphatic carbocycles. The zero-order valence-electron chi connectivity index (χ0n) is 22.8. The van der Waals surface area contributed by atoms with Crippen LogP contribution in [0.4, 0.5) is 17.6 Å². The van der Waals surface area contributed by atoms with Crippen molar-refractivity contribution < 1.29 is 42.1 Å². The molecular formula is C29H31F4N3O5. The van der Waals surface area contributed by atoms with Gasteiger partial charge in [0.15, 0.2) is 5.82 Å². The number of aromatic nitrogens is 2. The molecule has 0 amide bonds. The van der Waals surface area contributed by atoms with Crippen LogP contribution in [-0.2, 0) is 29.2 Å². The van der Waals surface area contributed by atoms with Gasteiger partial charge in [-0.15, -0.1) is 0 Å². The summed E-state index contributed by atoms with van der Waals surface area (Å²) in [6.07, 6.45) is -2.44. The fourth-order valence-corrected chi connectivity index (χ4v) is 4.55. The maximum Gasteiger partial charge on any atom is 0.490 e. The molecule has 2 N–H and O–H groups in total. The van der Waals surface area contributed by atoms with Crippen LogP contribution >= 0.6 is 0 Å². The highest BCUT2D eigenvalue weighted by Crippen LogP contribution is 2.27. The minimum absolute atomic E-state index is 0.0732. The molecule has 0 saturated carbocycles. The van der Waals surface area contributed by atoms with Crippen LogP contribution in [0.15, 0.2) is 42.6 Å². The van der Waals surface area contributed by atoms with E-state index < -0.39 is 23.9 Å². The molecule has 0 bridgehead atoms. The number of halogens is 4. The van der Waals surface area contributed by atoms with Crippen LogP contribution in [0.25, 0.3) is 11.4 Å². The van der Waals surface area contributed by atoms with Gasteiger partial charge < -0.3 is 14.9 Å². The van der Waals surface area contributed by atoms with E-state index in [0.717, 1.165) is 29.8 Å². The van der Waals surface area contributed by atoms with Crippen LogP contribution in [0.5, 0.6) is 5.75 Å². The molecule has 1 unspecified atom stereocenters. The van der Waals surface area contributed by atoms with Gasteiger partial charge in [-0.1, -0.05) is 36.2 Å². The van der Waals surface area contributed by atoms with E-state index in [1.165, 1.54) is 17.2 Å². The lowest BCUT2D eigenvalue weighted by Gasteiger charge is -2.29. The molecule has 3 aromatic rings. The monoisotopic (exact) mass is 577 g/mol. The number of nitrogens with zero attached hydrogens (tertiary/aromatic N) is 3. The van der Waals surface area contributed by atoms with Gasteiger partial charge in [0, 0.05) is 50.3 Å². The predicted molar refractivity (Wildman–Crippen MR) is 142 cm³/mol. The van der Waals surface area contributed by atoms with Crippen molar-refractivity contribution in [1.82, 2.24) is 14.9 Å². The number of ether oxygens (including phenoxy) is 1. The topological polar surface area (TPSA) is 113 Å². The Morgan fingerprint density at radius 1 is 1.10 bits per heavy atom. The quantitative estimate of drug-likeness (QED) is 0.334. The molecule has 8 nitrogen and oxygen atoms in total. The Labute approximate surface area is 234 Å². The zero-order valence-corrected chi connectivity index (χ0v) is 22.8. The predicted octanol–water partition coefficient (Wildman–Crippen LogP) is 5.58. The summed E-state index contributed by atoms with van der Waals surface area (Å²) in [6, 6.07) is 11.0. The number of hydrogen-bond donors (Lipinski definition) is 2. The minimum atomic E-state index is -5.08. The van der Waals surface area contributed by atoms with E-state index in [2.05, 4.69) is 33.1 Å². The Morgan fingerprint density at radius 3 is 2.34 bits per heavy atom. The van der Waals surface area contributed by atoms with Crippen molar-refractivity contribution in [3.63, 3.8) is 0 Å². The number of alkyl halides is 3. The van der Waals surface area contributed by atoms with Gasteiger partial charge in [0.25, 0.3) is 0 Å². The van der Waals surface area contributed by atoms with Gasteiger partial charge in [-0.2, -0.15) is 13.2 Å². The van der Waals surface area contributed by atoms with E-state index in [4.69, 9.17) is 19.7 Å². The number of aryl methyl sites for hydroxylation is 2. The lowest BCUT2D eigenvalue weighted by molar-refractivity contribution is -0.192. The number of hydrogen-bond acceptors (Lipinski definition) is 6. The summed E-state index contributed by atoms with van der Waals surface area (Å²) in [5.74, 6) is -3.05. The maximum atomic E-state index is 14.9. The minimum Gasteiger partial charge on any atom is -0.489 e. The second-order valence-electron chi connectivity index (χ2n) is 10.1. The van der Waals surface area contributed by atoms with Crippen LogP contribution in [0.3, 0.4) is 0 Å². The van der Waals surface area contributed by atoms with Crippen molar-refractivity contribution in [3.05, 3.63) is 76.4 Å². The van der Waals surface area contributed by atoms with Crippen molar-refractivity contribution in [2.75, 3.05) is 13.1 Å². The summed E-state index contributed by atoms with van der Waals surface area (Å²) in [4.78, 5) is 31.1. The standard InChI is InChI=1S/C27H30FN3O3.C2HF3O2/c1-17-8-18(2)10-20(9-17)16-34-22-4-5-23(24(28)12-22)27-29-13-21-15-31(7-6-25(21)30-27)14-19(3)11-26(32)33;3-2(4,5)1(6)7/h4-5,8-10,12-13,19H,6-7,11,14-16H2,1-3H3,(H,32,33);(H,6,7). The molecule has 0 saturated heterocycles. The number of carboxylic acid groups (broad SMARTS) is 2. The largest absolute Gasteiger partial charge is 0.490 e. The van der Waals surface area contributed by atoms with Gasteiger partial charge >= 0.3 is 18.1 Å². The van der Waals surface area contributed by atoms with Crippen LogP contribution < -0.4 is 4.74 Å². The molecule has 1 aliphatic heterocycles. The van der Waals surface area contributed by atoms with Crippen LogP contribution in [0.2, 0.25) is 0 Å². The highest BCUT2D eigenvalue weighted by molar-refractivity contribution is 5.73. The highest BCUT2D eigenvalue weighted by Gasteiger charge is 2.38. The van der Waals surface area contributed by atoms with E-state index in [1.807, 2.05) is 20.8 Å². The van der Waals surface area contributed by atoms with Gasteiger partial charge in [-0.3, -0.25) is 9.69 Å². The molecule has 41 heavy (non-hydrogen) atoms. The number of carbonyl (C=O) groups is 2. The fraction of sp³-hybridized carbons (Fsp3) is 0.379. The summed E-state index contributed by atoms with van der Waals surface area (Å²) in [6.45, 7) is 8.59. The second-order valence-corrected chi connectivity index (χ2v) is 10.1. The Kier molecular flexibility index (Phi) is 10.4. The van der Waals surface area contributed by atoms with Gasteiger partial charge in [0.1, 0.15) is 18.2 Å². The lowest BCUT2D eigenvalue weighted by Crippen LogP contribution is -2.35. The van der Waals surface area contributed by atoms with Crippen LogP contribution in [0.1, 0.15) is 41.3 Å². The molecule has 0 spiro atoms. The third-order valence-electron chi connectivity index (χ3n) is 6.22. The fourth-order valence-electron chi connectivity index (χ4n) is 4.55. The van der Waals surface area contributed by atoms with Crippen LogP contribution in [-0.4, -0.2) is 56.3 Å². The van der Waals surface area contributed by atoms with E-state index in [0.29, 0.717) is 36.8 Å². The van der Waals surface area contributed by atoms with Crippen LogP contribution in [0, 0.1) is 25.6 Å². The summed E-state index contributed by atoms with van der Waals surface area (Å²) in [5, 5.41) is 16.1. The average Bonchev–Trinajstić information content (AvgIpc) is 2.86. The molecule has 4 rings (SSSR count). The maximum absolute atomic E-state index is 14.9. The van der Waals surface area contributed by atoms with Crippen molar-refractivity contribution in [1.29, 1.82) is 0 Å². The van der Waals surface area contributed by atoms with Crippen molar-refractivity contribution >= 4 is 11.9 Å². The summed E-state index contributed by atoms with van der Waals surface area (Å²) in [5.41, 5.74) is 5.66. The van der Waals surface area contributed by atoms with Crippen molar-refractivity contribution in [2.45, 2.75) is 52.9 Å². The molecule has 1 aliphatic rings. The van der Waals surface area contributed by atoms with E-state index in [-0.39, 0.29) is 12.3 Å². The van der Waals surface area contributed by atoms with E-state index in [9.17, 15) is 22.4 Å². The average molecular weight is 578 g/mol.